The summed E-state index contributed by atoms with van der Waals surface area (Å²) >= 11 is 0. The molecule has 8 nitrogen and oxygen atoms in total. The Morgan fingerprint density at radius 2 is 1.43 bits per heavy atom. The van der Waals surface area contributed by atoms with E-state index in [1.165, 1.54) is 11.0 Å². The molecule has 0 atom stereocenters. The van der Waals surface area contributed by atoms with Crippen molar-refractivity contribution in [2.24, 2.45) is 10.2 Å². The summed E-state index contributed by atoms with van der Waals surface area (Å²) < 4.78 is 0. The van der Waals surface area contributed by atoms with E-state index in [-0.39, 0.29) is 24.1 Å². The van der Waals surface area contributed by atoms with Crippen LogP contribution in [0.5, 0.6) is 5.75 Å². The molecule has 0 bridgehead atoms. The number of carbonyl (C=O) groups is 2. The summed E-state index contributed by atoms with van der Waals surface area (Å²) in [7, 11) is 0. The largest absolute Gasteiger partial charge is 0.506 e. The molecule has 0 saturated carbocycles. The second-order valence-electron chi connectivity index (χ2n) is 8.08. The highest BCUT2D eigenvalue weighted by Gasteiger charge is 2.33. The van der Waals surface area contributed by atoms with Crippen molar-refractivity contribution in [2.75, 3.05) is 0 Å². The van der Waals surface area contributed by atoms with Crippen molar-refractivity contribution in [1.29, 1.82) is 0 Å². The molecule has 0 radical (unpaired) electrons. The van der Waals surface area contributed by atoms with E-state index in [1.807, 2.05) is 18.2 Å². The van der Waals surface area contributed by atoms with E-state index in [0.717, 1.165) is 0 Å². The van der Waals surface area contributed by atoms with Crippen LogP contribution in [0, 0.1) is 0 Å². The second-order valence-corrected chi connectivity index (χ2v) is 8.08. The summed E-state index contributed by atoms with van der Waals surface area (Å²) in [5.74, 6) is -0.680. The standard InChI is InChI=1S/C27H17N5O3/c33-23-12-11-22(18-8-4-14-29-25(18)23)31-30-21-10-9-20-24-17(21)6-3-7-19(24)26(34)32(27(20)35)15-16-5-1-2-13-28-16/h1-14,33H,15H2. The molecule has 8 heteroatoms. The number of azo groups is 1. The molecule has 0 saturated heterocycles. The molecule has 1 aliphatic heterocycles. The van der Waals surface area contributed by atoms with Crippen molar-refractivity contribution in [3.05, 3.63) is 102 Å². The van der Waals surface area contributed by atoms with E-state index >= 15 is 0 Å². The number of aromatic nitrogens is 2. The number of carbonyl (C=O) groups excluding carboxylic acids is 2. The fourth-order valence-electron chi connectivity index (χ4n) is 4.35. The highest BCUT2D eigenvalue weighted by Crippen LogP contribution is 2.38. The van der Waals surface area contributed by atoms with Gasteiger partial charge in [0.05, 0.1) is 23.6 Å². The molecular formula is C27H17N5O3. The van der Waals surface area contributed by atoms with Crippen LogP contribution in [0.1, 0.15) is 26.4 Å². The van der Waals surface area contributed by atoms with Gasteiger partial charge in [-0.05, 0) is 54.6 Å². The number of phenolic OH excluding ortho intramolecular Hbond substituents is 1. The molecular weight excluding hydrogens is 442 g/mol. The van der Waals surface area contributed by atoms with Gasteiger partial charge in [0, 0.05) is 39.7 Å². The lowest BCUT2D eigenvalue weighted by atomic mass is 9.93. The molecule has 6 rings (SSSR count). The monoisotopic (exact) mass is 459 g/mol. The van der Waals surface area contributed by atoms with Crippen LogP contribution >= 0.6 is 0 Å². The van der Waals surface area contributed by atoms with Gasteiger partial charge in [-0.3, -0.25) is 24.5 Å². The van der Waals surface area contributed by atoms with Gasteiger partial charge < -0.3 is 5.11 Å². The Hall–Kier alpha value is -4.98. The summed E-state index contributed by atoms with van der Waals surface area (Å²) in [4.78, 5) is 36.2. The number of pyridine rings is 2. The van der Waals surface area contributed by atoms with Gasteiger partial charge in [-0.15, -0.1) is 10.2 Å². The Morgan fingerprint density at radius 1 is 0.714 bits per heavy atom. The predicted octanol–water partition coefficient (Wildman–Crippen LogP) is 5.70. The first kappa shape index (κ1) is 20.6. The topological polar surface area (TPSA) is 108 Å². The van der Waals surface area contributed by atoms with Crippen molar-refractivity contribution in [2.45, 2.75) is 6.54 Å². The lowest BCUT2D eigenvalue weighted by Crippen LogP contribution is -2.39. The minimum atomic E-state index is -0.372. The maximum absolute atomic E-state index is 13.3. The number of amides is 2. The van der Waals surface area contributed by atoms with E-state index in [9.17, 15) is 14.7 Å². The Morgan fingerprint density at radius 3 is 2.23 bits per heavy atom. The normalized spacial score (nSPS) is 13.3. The molecule has 168 valence electrons. The molecule has 0 spiro atoms. The number of nitrogens with zero attached hydrogens (tertiary/aromatic N) is 5. The van der Waals surface area contributed by atoms with Crippen molar-refractivity contribution >= 4 is 44.9 Å². The van der Waals surface area contributed by atoms with E-state index in [2.05, 4.69) is 20.2 Å². The molecule has 3 heterocycles. The first-order chi connectivity index (χ1) is 17.1. The van der Waals surface area contributed by atoms with Crippen LogP contribution in [0.4, 0.5) is 11.4 Å². The molecule has 0 aliphatic carbocycles. The number of phenols is 1. The van der Waals surface area contributed by atoms with E-state index in [1.54, 1.807) is 60.9 Å². The predicted molar refractivity (Wildman–Crippen MR) is 130 cm³/mol. The zero-order chi connectivity index (χ0) is 23.9. The number of aromatic hydroxyl groups is 1. The molecule has 1 N–H and O–H groups in total. The first-order valence-electron chi connectivity index (χ1n) is 10.9. The van der Waals surface area contributed by atoms with Crippen LogP contribution in [0.25, 0.3) is 21.7 Å². The van der Waals surface area contributed by atoms with E-state index in [0.29, 0.717) is 49.9 Å². The molecule has 35 heavy (non-hydrogen) atoms. The zero-order valence-corrected chi connectivity index (χ0v) is 18.3. The summed E-state index contributed by atoms with van der Waals surface area (Å²) in [5, 5.41) is 20.8. The molecule has 2 amide bonds. The van der Waals surface area contributed by atoms with Gasteiger partial charge in [-0.25, -0.2) is 0 Å². The third kappa shape index (κ3) is 3.39. The van der Waals surface area contributed by atoms with Gasteiger partial charge in [0.1, 0.15) is 11.3 Å². The van der Waals surface area contributed by atoms with Crippen molar-refractivity contribution in [3.8, 4) is 5.75 Å². The Labute approximate surface area is 199 Å². The lowest BCUT2D eigenvalue weighted by molar-refractivity contribution is 0.0596. The minimum absolute atomic E-state index is 0.0633. The van der Waals surface area contributed by atoms with Gasteiger partial charge in [-0.1, -0.05) is 18.2 Å². The van der Waals surface area contributed by atoms with E-state index in [4.69, 9.17) is 0 Å². The number of hydrogen-bond donors (Lipinski definition) is 1. The van der Waals surface area contributed by atoms with Crippen LogP contribution in [0.2, 0.25) is 0 Å². The van der Waals surface area contributed by atoms with Gasteiger partial charge >= 0.3 is 0 Å². The third-order valence-electron chi connectivity index (χ3n) is 6.01. The highest BCUT2D eigenvalue weighted by atomic mass is 16.3. The third-order valence-corrected chi connectivity index (χ3v) is 6.01. The Balaban J connectivity index is 1.43. The van der Waals surface area contributed by atoms with Crippen LogP contribution < -0.4 is 0 Å². The fraction of sp³-hybridized carbons (Fsp3) is 0.0370. The maximum Gasteiger partial charge on any atom is 0.261 e. The first-order valence-corrected chi connectivity index (χ1v) is 10.9. The number of imide groups is 1. The number of fused-ring (bicyclic) bond motifs is 1. The van der Waals surface area contributed by atoms with Gasteiger partial charge in [0.2, 0.25) is 0 Å². The molecule has 0 fully saturated rings. The summed E-state index contributed by atoms with van der Waals surface area (Å²) in [6, 6.07) is 20.8. The summed E-state index contributed by atoms with van der Waals surface area (Å²) in [6.07, 6.45) is 3.23. The molecule has 3 aromatic carbocycles. The SMILES string of the molecule is O=C1c2cccc3c(N=Nc4ccc(O)c5ncccc45)ccc(c23)C(=O)N1Cc1ccccn1. The molecule has 0 unspecified atom stereocenters. The summed E-state index contributed by atoms with van der Waals surface area (Å²) in [6.45, 7) is 0.0950. The lowest BCUT2D eigenvalue weighted by Gasteiger charge is -2.27. The van der Waals surface area contributed by atoms with Gasteiger partial charge in [-0.2, -0.15) is 0 Å². The molecule has 1 aliphatic rings. The fourth-order valence-corrected chi connectivity index (χ4v) is 4.35. The Kier molecular flexibility index (Phi) is 4.77. The van der Waals surface area contributed by atoms with Crippen LogP contribution in [0.3, 0.4) is 0 Å². The van der Waals surface area contributed by atoms with Crippen molar-refractivity contribution in [1.82, 2.24) is 14.9 Å². The van der Waals surface area contributed by atoms with Crippen LogP contribution in [0.15, 0.2) is 95.4 Å². The smallest absolute Gasteiger partial charge is 0.261 e. The number of rotatable bonds is 4. The zero-order valence-electron chi connectivity index (χ0n) is 18.3. The molecule has 5 aromatic rings. The highest BCUT2D eigenvalue weighted by molar-refractivity contribution is 6.26. The average molecular weight is 459 g/mol. The second kappa shape index (κ2) is 8.11. The van der Waals surface area contributed by atoms with Gasteiger partial charge in [0.25, 0.3) is 11.8 Å². The Bertz CT molecular complexity index is 1660. The van der Waals surface area contributed by atoms with Crippen LogP contribution in [-0.2, 0) is 6.54 Å². The summed E-state index contributed by atoms with van der Waals surface area (Å²) in [5.41, 5.74) is 3.00. The minimum Gasteiger partial charge on any atom is -0.506 e. The van der Waals surface area contributed by atoms with Crippen molar-refractivity contribution in [3.63, 3.8) is 0 Å². The van der Waals surface area contributed by atoms with E-state index < -0.39 is 0 Å². The number of benzene rings is 3. The van der Waals surface area contributed by atoms with Gasteiger partial charge in [0.15, 0.2) is 0 Å². The quantitative estimate of drug-likeness (QED) is 0.274. The molecule has 2 aromatic heterocycles. The average Bonchev–Trinajstić information content (AvgIpc) is 2.90. The van der Waals surface area contributed by atoms with Crippen LogP contribution in [-0.4, -0.2) is 31.8 Å². The number of hydrogen-bond acceptors (Lipinski definition) is 7. The maximum atomic E-state index is 13.3. The van der Waals surface area contributed by atoms with Crippen molar-refractivity contribution < 1.29 is 14.7 Å².